The Labute approximate surface area is 181 Å². The van der Waals surface area contributed by atoms with Crippen LogP contribution >= 0.6 is 0 Å². The number of aromatic nitrogens is 3. The summed E-state index contributed by atoms with van der Waals surface area (Å²) >= 11 is 0. The van der Waals surface area contributed by atoms with Crippen LogP contribution in [-0.2, 0) is 4.79 Å². The summed E-state index contributed by atoms with van der Waals surface area (Å²) in [5, 5.41) is 2.92. The third kappa shape index (κ3) is 5.39. The molecule has 8 heteroatoms. The van der Waals surface area contributed by atoms with E-state index in [1.807, 2.05) is 19.1 Å². The van der Waals surface area contributed by atoms with Gasteiger partial charge in [-0.1, -0.05) is 50.3 Å². The number of benzene rings is 1. The Bertz CT molecular complexity index is 1110. The molecule has 0 fully saturated rings. The first-order chi connectivity index (χ1) is 14.9. The molecule has 0 unspecified atom stereocenters. The average Bonchev–Trinajstić information content (AvgIpc) is 3.17. The maximum absolute atomic E-state index is 12.8. The molecular formula is C23H29N5O3. The second-order valence-electron chi connectivity index (χ2n) is 7.75. The van der Waals surface area contributed by atoms with Crippen LogP contribution in [0.4, 0.5) is 11.6 Å². The Hall–Kier alpha value is -3.42. The topological polar surface area (TPSA) is 111 Å². The molecule has 0 aliphatic rings. The minimum atomic E-state index is -0.428. The van der Waals surface area contributed by atoms with Gasteiger partial charge in [-0.25, -0.2) is 0 Å². The first kappa shape index (κ1) is 22.3. The standard InChI is InChI=1S/C23H29N5O3/c1-4-5-6-7-8-9-18(29)25-23-26-20-19(21(30)27-23)17(14-24-20)28(3)22(31)16-12-10-15(2)11-13-16/h10-14H,4-9H2,1-3H3,(H3,24,25,26,27,29,30). The number of hydrogen-bond acceptors (Lipinski definition) is 4. The van der Waals surface area contributed by atoms with Crippen LogP contribution in [-0.4, -0.2) is 33.8 Å². The molecule has 3 aromatic rings. The van der Waals surface area contributed by atoms with Gasteiger partial charge in [-0.15, -0.1) is 0 Å². The predicted molar refractivity (Wildman–Crippen MR) is 123 cm³/mol. The van der Waals surface area contributed by atoms with Crippen LogP contribution in [0.1, 0.15) is 61.4 Å². The van der Waals surface area contributed by atoms with Crippen LogP contribution in [0.3, 0.4) is 0 Å². The zero-order valence-corrected chi connectivity index (χ0v) is 18.2. The van der Waals surface area contributed by atoms with Crippen molar-refractivity contribution in [2.24, 2.45) is 0 Å². The molecule has 0 saturated heterocycles. The number of nitrogens with one attached hydrogen (secondary N) is 3. The van der Waals surface area contributed by atoms with Crippen molar-refractivity contribution in [3.63, 3.8) is 0 Å². The highest BCUT2D eigenvalue weighted by atomic mass is 16.2. The third-order valence-electron chi connectivity index (χ3n) is 5.25. The number of H-pyrrole nitrogens is 2. The van der Waals surface area contributed by atoms with Crippen molar-refractivity contribution in [2.75, 3.05) is 17.3 Å². The van der Waals surface area contributed by atoms with E-state index >= 15 is 0 Å². The first-order valence-corrected chi connectivity index (χ1v) is 10.7. The molecule has 0 aliphatic heterocycles. The molecular weight excluding hydrogens is 394 g/mol. The molecule has 0 atom stereocenters. The number of carbonyl (C=O) groups excluding carboxylic acids is 2. The lowest BCUT2D eigenvalue weighted by molar-refractivity contribution is -0.116. The quantitative estimate of drug-likeness (QED) is 0.449. The van der Waals surface area contributed by atoms with Crippen molar-refractivity contribution in [2.45, 2.75) is 52.4 Å². The summed E-state index contributed by atoms with van der Waals surface area (Å²) in [5.74, 6) is -0.324. The van der Waals surface area contributed by atoms with Crippen molar-refractivity contribution in [1.29, 1.82) is 0 Å². The molecule has 2 aromatic heterocycles. The number of anilines is 2. The lowest BCUT2D eigenvalue weighted by Gasteiger charge is -2.16. The van der Waals surface area contributed by atoms with E-state index in [0.29, 0.717) is 23.3 Å². The molecule has 8 nitrogen and oxygen atoms in total. The van der Waals surface area contributed by atoms with Crippen LogP contribution in [0, 0.1) is 6.92 Å². The Morgan fingerprint density at radius 2 is 1.81 bits per heavy atom. The van der Waals surface area contributed by atoms with Crippen molar-refractivity contribution in [3.05, 3.63) is 51.9 Å². The normalized spacial score (nSPS) is 10.9. The second-order valence-corrected chi connectivity index (χ2v) is 7.75. The fourth-order valence-corrected chi connectivity index (χ4v) is 3.43. The number of fused-ring (bicyclic) bond motifs is 1. The van der Waals surface area contributed by atoms with E-state index in [1.54, 1.807) is 25.4 Å². The largest absolute Gasteiger partial charge is 0.344 e. The van der Waals surface area contributed by atoms with Gasteiger partial charge in [-0.05, 0) is 25.5 Å². The molecule has 3 rings (SSSR count). The number of unbranched alkanes of at least 4 members (excludes halogenated alkanes) is 4. The zero-order chi connectivity index (χ0) is 22.4. The Kier molecular flexibility index (Phi) is 7.23. The summed E-state index contributed by atoms with van der Waals surface area (Å²) < 4.78 is 0. The lowest BCUT2D eigenvalue weighted by Crippen LogP contribution is -2.27. The highest BCUT2D eigenvalue weighted by molar-refractivity contribution is 6.09. The molecule has 3 N–H and O–H groups in total. The summed E-state index contributed by atoms with van der Waals surface area (Å²) in [7, 11) is 1.61. The van der Waals surface area contributed by atoms with Crippen LogP contribution in [0.5, 0.6) is 0 Å². The van der Waals surface area contributed by atoms with Crippen molar-refractivity contribution in [1.82, 2.24) is 15.0 Å². The number of nitrogens with zero attached hydrogens (tertiary/aromatic N) is 2. The average molecular weight is 424 g/mol. The number of rotatable bonds is 9. The maximum atomic E-state index is 12.8. The van der Waals surface area contributed by atoms with Gasteiger partial charge in [0.25, 0.3) is 11.5 Å². The summed E-state index contributed by atoms with van der Waals surface area (Å²) in [5.41, 5.74) is 1.88. The fourth-order valence-electron chi connectivity index (χ4n) is 3.43. The minimum absolute atomic E-state index is 0.0944. The first-order valence-electron chi connectivity index (χ1n) is 10.7. The fraction of sp³-hybridized carbons (Fsp3) is 0.391. The van der Waals surface area contributed by atoms with E-state index in [-0.39, 0.29) is 23.1 Å². The van der Waals surface area contributed by atoms with Crippen molar-refractivity contribution in [3.8, 4) is 0 Å². The number of aromatic amines is 2. The van der Waals surface area contributed by atoms with Gasteiger partial charge in [0.05, 0.1) is 5.69 Å². The van der Waals surface area contributed by atoms with E-state index in [4.69, 9.17) is 0 Å². The van der Waals surface area contributed by atoms with E-state index in [9.17, 15) is 14.4 Å². The molecule has 2 amide bonds. The maximum Gasteiger partial charge on any atom is 0.263 e. The second kappa shape index (κ2) is 10.1. The van der Waals surface area contributed by atoms with Gasteiger partial charge in [-0.2, -0.15) is 4.98 Å². The van der Waals surface area contributed by atoms with Gasteiger partial charge in [-0.3, -0.25) is 24.7 Å². The highest BCUT2D eigenvalue weighted by Gasteiger charge is 2.20. The van der Waals surface area contributed by atoms with Gasteiger partial charge >= 0.3 is 0 Å². The smallest absolute Gasteiger partial charge is 0.263 e. The van der Waals surface area contributed by atoms with Crippen LogP contribution in [0.2, 0.25) is 0 Å². The number of amides is 2. The Balaban J connectivity index is 1.73. The van der Waals surface area contributed by atoms with Crippen molar-refractivity contribution >= 4 is 34.5 Å². The SMILES string of the molecule is CCCCCCCC(=O)Nc1nc2[nH]cc(N(C)C(=O)c3ccc(C)cc3)c2c(=O)[nH]1. The van der Waals surface area contributed by atoms with Crippen LogP contribution in [0.25, 0.3) is 11.0 Å². The molecule has 0 bridgehead atoms. The third-order valence-corrected chi connectivity index (χ3v) is 5.25. The predicted octanol–water partition coefficient (Wildman–Crippen LogP) is 4.14. The summed E-state index contributed by atoms with van der Waals surface area (Å²) in [6, 6.07) is 7.23. The molecule has 0 radical (unpaired) electrons. The van der Waals surface area contributed by atoms with Gasteiger partial charge in [0, 0.05) is 25.2 Å². The molecule has 31 heavy (non-hydrogen) atoms. The van der Waals surface area contributed by atoms with Gasteiger partial charge < -0.3 is 9.88 Å². The minimum Gasteiger partial charge on any atom is -0.344 e. The van der Waals surface area contributed by atoms with E-state index in [0.717, 1.165) is 31.2 Å². The lowest BCUT2D eigenvalue weighted by atomic mass is 10.1. The Morgan fingerprint density at radius 3 is 2.52 bits per heavy atom. The zero-order valence-electron chi connectivity index (χ0n) is 18.2. The van der Waals surface area contributed by atoms with E-state index in [2.05, 4.69) is 27.2 Å². The van der Waals surface area contributed by atoms with Gasteiger partial charge in [0.2, 0.25) is 11.9 Å². The summed E-state index contributed by atoms with van der Waals surface area (Å²) in [6.45, 7) is 4.10. The van der Waals surface area contributed by atoms with E-state index < -0.39 is 5.56 Å². The molecule has 0 saturated carbocycles. The molecule has 0 aliphatic carbocycles. The van der Waals surface area contributed by atoms with Gasteiger partial charge in [0.15, 0.2) is 0 Å². The highest BCUT2D eigenvalue weighted by Crippen LogP contribution is 2.23. The molecule has 2 heterocycles. The molecule has 164 valence electrons. The Morgan fingerprint density at radius 1 is 1.10 bits per heavy atom. The summed E-state index contributed by atoms with van der Waals surface area (Å²) in [6.07, 6.45) is 7.20. The van der Waals surface area contributed by atoms with Crippen molar-refractivity contribution < 1.29 is 9.59 Å². The monoisotopic (exact) mass is 423 g/mol. The van der Waals surface area contributed by atoms with Crippen LogP contribution in [0.15, 0.2) is 35.3 Å². The van der Waals surface area contributed by atoms with E-state index in [1.165, 1.54) is 11.3 Å². The van der Waals surface area contributed by atoms with Gasteiger partial charge in [0.1, 0.15) is 11.0 Å². The molecule has 1 aromatic carbocycles. The van der Waals surface area contributed by atoms with Crippen LogP contribution < -0.4 is 15.8 Å². The summed E-state index contributed by atoms with van der Waals surface area (Å²) in [4.78, 5) is 48.9. The number of carbonyl (C=O) groups is 2. The number of hydrogen-bond donors (Lipinski definition) is 3. The number of aryl methyl sites for hydroxylation is 1. The molecule has 0 spiro atoms.